The molecule has 0 aliphatic carbocycles. The number of ether oxygens (including phenoxy) is 1. The Hall–Kier alpha value is -3.71. The molecule has 0 unspecified atom stereocenters. The Kier molecular flexibility index (Phi) is 7.00. The zero-order chi connectivity index (χ0) is 23.2. The van der Waals surface area contributed by atoms with Gasteiger partial charge in [0.25, 0.3) is 0 Å². The van der Waals surface area contributed by atoms with Crippen LogP contribution in [-0.2, 0) is 16.2 Å². The molecule has 0 radical (unpaired) electrons. The minimum Gasteiger partial charge on any atom is -0.489 e. The number of hydrazone groups is 1. The van der Waals surface area contributed by atoms with E-state index in [2.05, 4.69) is 10.5 Å². The van der Waals surface area contributed by atoms with Crippen LogP contribution < -0.4 is 15.1 Å². The van der Waals surface area contributed by atoms with Crippen molar-refractivity contribution in [3.63, 3.8) is 0 Å². The number of carbonyl (C=O) groups excluding carboxylic acids is 2. The van der Waals surface area contributed by atoms with Gasteiger partial charge < -0.3 is 9.64 Å². The van der Waals surface area contributed by atoms with Crippen molar-refractivity contribution in [3.05, 3.63) is 94.8 Å². The predicted octanol–water partition coefficient (Wildman–Crippen LogP) is 4.56. The summed E-state index contributed by atoms with van der Waals surface area (Å²) in [6, 6.07) is 20.3. The molecule has 1 heterocycles. The molecule has 0 spiro atoms. The fourth-order valence-electron chi connectivity index (χ4n) is 3.45. The van der Waals surface area contributed by atoms with E-state index in [4.69, 9.17) is 16.3 Å². The number of halogens is 2. The average Bonchev–Trinajstić information content (AvgIpc) is 3.21. The minimum absolute atomic E-state index is 0.0761. The minimum atomic E-state index is -0.534. The number of carbonyl (C=O) groups is 2. The zero-order valence-electron chi connectivity index (χ0n) is 17.6. The third-order valence-corrected chi connectivity index (χ3v) is 5.45. The van der Waals surface area contributed by atoms with Gasteiger partial charge in [0.15, 0.2) is 0 Å². The monoisotopic (exact) mass is 465 g/mol. The summed E-state index contributed by atoms with van der Waals surface area (Å²) in [5.41, 5.74) is 4.80. The summed E-state index contributed by atoms with van der Waals surface area (Å²) in [5.74, 6) is -0.783. The molecule has 3 aromatic carbocycles. The van der Waals surface area contributed by atoms with Gasteiger partial charge in [-0.25, -0.2) is 9.82 Å². The van der Waals surface area contributed by atoms with Gasteiger partial charge in [-0.1, -0.05) is 35.9 Å². The molecular formula is C25H21ClFN3O3. The largest absolute Gasteiger partial charge is 0.489 e. The van der Waals surface area contributed by atoms with Gasteiger partial charge in [0.05, 0.1) is 12.1 Å². The first kappa shape index (κ1) is 22.5. The number of hydrogen-bond acceptors (Lipinski definition) is 4. The quantitative estimate of drug-likeness (QED) is 0.410. The van der Waals surface area contributed by atoms with Crippen molar-refractivity contribution in [3.8, 4) is 5.75 Å². The summed E-state index contributed by atoms with van der Waals surface area (Å²) < 4.78 is 18.9. The Bertz CT molecular complexity index is 1170. The zero-order valence-corrected chi connectivity index (χ0v) is 18.3. The van der Waals surface area contributed by atoms with E-state index in [-0.39, 0.29) is 30.6 Å². The summed E-state index contributed by atoms with van der Waals surface area (Å²) in [7, 11) is 0. The Morgan fingerprint density at radius 2 is 1.91 bits per heavy atom. The molecule has 6 nitrogen and oxygen atoms in total. The molecule has 1 saturated heterocycles. The lowest BCUT2D eigenvalue weighted by molar-refractivity contribution is -0.126. The van der Waals surface area contributed by atoms with Crippen LogP contribution in [0.15, 0.2) is 77.9 Å². The number of nitrogens with one attached hydrogen (secondary N) is 1. The van der Waals surface area contributed by atoms with Crippen LogP contribution >= 0.6 is 11.6 Å². The van der Waals surface area contributed by atoms with Crippen molar-refractivity contribution in [2.45, 2.75) is 13.0 Å². The lowest BCUT2D eigenvalue weighted by Crippen LogP contribution is -2.30. The predicted molar refractivity (Wildman–Crippen MR) is 125 cm³/mol. The first-order valence-electron chi connectivity index (χ1n) is 10.3. The molecule has 1 aliphatic rings. The SMILES string of the molecule is O=C(N/N=C\c1cccc(OCc2ccc(Cl)cc2)c1)[C@H]1CC(=O)N(c2ccc(F)cc2)C1. The van der Waals surface area contributed by atoms with Crippen LogP contribution in [0.3, 0.4) is 0 Å². The van der Waals surface area contributed by atoms with Crippen molar-refractivity contribution in [2.75, 3.05) is 11.4 Å². The van der Waals surface area contributed by atoms with Gasteiger partial charge in [0, 0.05) is 23.7 Å². The van der Waals surface area contributed by atoms with E-state index in [0.717, 1.165) is 11.1 Å². The Balaban J connectivity index is 1.30. The maximum absolute atomic E-state index is 13.1. The van der Waals surface area contributed by atoms with E-state index in [1.54, 1.807) is 6.07 Å². The highest BCUT2D eigenvalue weighted by Gasteiger charge is 2.35. The van der Waals surface area contributed by atoms with Crippen molar-refractivity contribution < 1.29 is 18.7 Å². The molecule has 0 bridgehead atoms. The maximum atomic E-state index is 13.1. The van der Waals surface area contributed by atoms with E-state index >= 15 is 0 Å². The molecule has 0 aromatic heterocycles. The number of rotatable bonds is 7. The lowest BCUT2D eigenvalue weighted by Gasteiger charge is -2.16. The van der Waals surface area contributed by atoms with Gasteiger partial charge in [-0.3, -0.25) is 9.59 Å². The van der Waals surface area contributed by atoms with Gasteiger partial charge in [0.2, 0.25) is 11.8 Å². The number of nitrogens with zero attached hydrogens (tertiary/aromatic N) is 2. The average molecular weight is 466 g/mol. The maximum Gasteiger partial charge on any atom is 0.245 e. The first-order chi connectivity index (χ1) is 16.0. The second kappa shape index (κ2) is 10.3. The molecular weight excluding hydrogens is 445 g/mol. The van der Waals surface area contributed by atoms with E-state index in [9.17, 15) is 14.0 Å². The topological polar surface area (TPSA) is 71.0 Å². The smallest absolute Gasteiger partial charge is 0.245 e. The lowest BCUT2D eigenvalue weighted by atomic mass is 10.1. The fraction of sp³-hybridized carbons (Fsp3) is 0.160. The van der Waals surface area contributed by atoms with Gasteiger partial charge in [-0.15, -0.1) is 0 Å². The molecule has 8 heteroatoms. The fourth-order valence-corrected chi connectivity index (χ4v) is 3.57. The highest BCUT2D eigenvalue weighted by Crippen LogP contribution is 2.25. The number of anilines is 1. The van der Waals surface area contributed by atoms with E-state index in [1.807, 2.05) is 42.5 Å². The van der Waals surface area contributed by atoms with Crippen LogP contribution in [0.25, 0.3) is 0 Å². The van der Waals surface area contributed by atoms with Crippen molar-refractivity contribution in [1.29, 1.82) is 0 Å². The summed E-state index contributed by atoms with van der Waals surface area (Å²) in [6.07, 6.45) is 1.59. The third kappa shape index (κ3) is 5.96. The molecule has 2 amide bonds. The molecule has 168 valence electrons. The highest BCUT2D eigenvalue weighted by molar-refractivity contribution is 6.30. The van der Waals surface area contributed by atoms with Crippen LogP contribution in [0.1, 0.15) is 17.5 Å². The Morgan fingerprint density at radius 1 is 1.15 bits per heavy atom. The molecule has 1 N–H and O–H groups in total. The van der Waals surface area contributed by atoms with Crippen molar-refractivity contribution >= 4 is 35.3 Å². The van der Waals surface area contributed by atoms with Crippen molar-refractivity contribution in [2.24, 2.45) is 11.0 Å². The molecule has 3 aromatic rings. The van der Waals surface area contributed by atoms with E-state index < -0.39 is 5.92 Å². The van der Waals surface area contributed by atoms with Gasteiger partial charge in [-0.2, -0.15) is 5.10 Å². The molecule has 1 fully saturated rings. The van der Waals surface area contributed by atoms with Gasteiger partial charge >= 0.3 is 0 Å². The standard InChI is InChI=1S/C25H21ClFN3O3/c26-20-6-4-17(5-7-20)16-33-23-3-1-2-18(12-23)14-28-29-25(32)19-13-24(31)30(15-19)22-10-8-21(27)9-11-22/h1-12,14,19H,13,15-16H2,(H,29,32)/b28-14-/t19-/m0/s1. The molecule has 1 atom stereocenters. The molecule has 33 heavy (non-hydrogen) atoms. The second-order valence-corrected chi connectivity index (χ2v) is 8.04. The number of benzene rings is 3. The second-order valence-electron chi connectivity index (χ2n) is 7.60. The number of amides is 2. The summed E-state index contributed by atoms with van der Waals surface area (Å²) in [4.78, 5) is 26.2. The van der Waals surface area contributed by atoms with Gasteiger partial charge in [0.1, 0.15) is 18.2 Å². The van der Waals surface area contributed by atoms with Crippen LogP contribution in [0.4, 0.5) is 10.1 Å². The Labute approximate surface area is 195 Å². The molecule has 0 saturated carbocycles. The summed E-state index contributed by atoms with van der Waals surface area (Å²) >= 11 is 5.89. The van der Waals surface area contributed by atoms with Crippen LogP contribution in [0, 0.1) is 11.7 Å². The third-order valence-electron chi connectivity index (χ3n) is 5.20. The van der Waals surface area contributed by atoms with Crippen LogP contribution in [0.5, 0.6) is 5.75 Å². The normalized spacial score (nSPS) is 15.8. The molecule has 4 rings (SSSR count). The van der Waals surface area contributed by atoms with Crippen molar-refractivity contribution in [1.82, 2.24) is 5.43 Å². The number of hydrogen-bond donors (Lipinski definition) is 1. The summed E-state index contributed by atoms with van der Waals surface area (Å²) in [6.45, 7) is 0.620. The van der Waals surface area contributed by atoms with E-state index in [1.165, 1.54) is 35.4 Å². The molecule has 1 aliphatic heterocycles. The van der Waals surface area contributed by atoms with Crippen LogP contribution in [0.2, 0.25) is 5.02 Å². The summed E-state index contributed by atoms with van der Waals surface area (Å²) in [5, 5.41) is 4.69. The highest BCUT2D eigenvalue weighted by atomic mass is 35.5. The Morgan fingerprint density at radius 3 is 2.67 bits per heavy atom. The van der Waals surface area contributed by atoms with Crippen LogP contribution in [-0.4, -0.2) is 24.6 Å². The van der Waals surface area contributed by atoms with Gasteiger partial charge in [-0.05, 0) is 59.7 Å². The van der Waals surface area contributed by atoms with E-state index in [0.29, 0.717) is 23.1 Å². The first-order valence-corrected chi connectivity index (χ1v) is 10.7.